The van der Waals surface area contributed by atoms with Crippen LogP contribution in [0.1, 0.15) is 27.7 Å². The summed E-state index contributed by atoms with van der Waals surface area (Å²) in [5.74, 6) is -0.241. The maximum absolute atomic E-state index is 11.7. The van der Waals surface area contributed by atoms with Crippen molar-refractivity contribution in [2.75, 3.05) is 5.32 Å². The molecule has 0 radical (unpaired) electrons. The molecular weight excluding hydrogens is 254 g/mol. The summed E-state index contributed by atoms with van der Waals surface area (Å²) in [4.78, 5) is 23.2. The van der Waals surface area contributed by atoms with E-state index in [0.29, 0.717) is 5.13 Å². The van der Waals surface area contributed by atoms with Crippen LogP contribution < -0.4 is 16.0 Å². The van der Waals surface area contributed by atoms with Crippen molar-refractivity contribution in [2.24, 2.45) is 0 Å². The highest BCUT2D eigenvalue weighted by atomic mass is 32.1. The molecular formula is C10H17N5O2S. The minimum atomic E-state index is -0.628. The van der Waals surface area contributed by atoms with Gasteiger partial charge in [0.1, 0.15) is 11.6 Å². The van der Waals surface area contributed by atoms with Crippen LogP contribution in [-0.4, -0.2) is 33.7 Å². The number of hydrogen-bond donors (Lipinski definition) is 3. The second-order valence-electron chi connectivity index (χ2n) is 4.80. The van der Waals surface area contributed by atoms with Crippen LogP contribution in [0.25, 0.3) is 0 Å². The largest absolute Gasteiger partial charge is 0.350 e. The lowest BCUT2D eigenvalue weighted by atomic mass is 10.1. The Hall–Kier alpha value is -1.70. The summed E-state index contributed by atoms with van der Waals surface area (Å²) in [5.41, 5.74) is 1.17. The predicted octanol–water partition coefficient (Wildman–Crippen LogP) is 0.963. The maximum atomic E-state index is 11.7. The summed E-state index contributed by atoms with van der Waals surface area (Å²) >= 11 is 1.20. The average Bonchev–Trinajstić information content (AvgIpc) is 2.67. The van der Waals surface area contributed by atoms with Crippen LogP contribution in [0.3, 0.4) is 0 Å². The van der Waals surface area contributed by atoms with Gasteiger partial charge >= 0.3 is 6.03 Å². The van der Waals surface area contributed by atoms with Crippen LogP contribution in [0.2, 0.25) is 0 Å². The summed E-state index contributed by atoms with van der Waals surface area (Å²) in [6.07, 6.45) is 0. The Balaban J connectivity index is 2.42. The van der Waals surface area contributed by atoms with E-state index in [4.69, 9.17) is 0 Å². The molecule has 0 fully saturated rings. The fraction of sp³-hybridized carbons (Fsp3) is 0.600. The Bertz CT molecular complexity index is 412. The lowest BCUT2D eigenvalue weighted by Gasteiger charge is -2.23. The molecule has 0 aromatic carbocycles. The molecule has 100 valence electrons. The second-order valence-corrected chi connectivity index (χ2v) is 5.64. The van der Waals surface area contributed by atoms with Crippen molar-refractivity contribution >= 4 is 28.4 Å². The molecule has 0 aliphatic rings. The number of carbonyl (C=O) groups is 2. The zero-order valence-electron chi connectivity index (χ0n) is 10.8. The van der Waals surface area contributed by atoms with Crippen molar-refractivity contribution < 1.29 is 9.59 Å². The fourth-order valence-corrected chi connectivity index (χ4v) is 1.54. The van der Waals surface area contributed by atoms with E-state index in [0.717, 1.165) is 0 Å². The molecule has 0 saturated heterocycles. The van der Waals surface area contributed by atoms with E-state index >= 15 is 0 Å². The number of carbonyl (C=O) groups excluding carboxylic acids is 2. The van der Waals surface area contributed by atoms with Gasteiger partial charge in [0.2, 0.25) is 11.0 Å². The van der Waals surface area contributed by atoms with Crippen molar-refractivity contribution in [3.05, 3.63) is 5.51 Å². The molecule has 18 heavy (non-hydrogen) atoms. The number of nitrogens with one attached hydrogen (secondary N) is 3. The molecule has 7 nitrogen and oxygen atoms in total. The SMILES string of the molecule is C[C@H](NC(=O)Nc1nncs1)C(=O)NC(C)(C)C. The number of nitrogens with zero attached hydrogens (tertiary/aromatic N) is 2. The van der Waals surface area contributed by atoms with Crippen LogP contribution in [0.15, 0.2) is 5.51 Å². The van der Waals surface area contributed by atoms with Crippen molar-refractivity contribution in [3.63, 3.8) is 0 Å². The Morgan fingerprint density at radius 1 is 1.39 bits per heavy atom. The van der Waals surface area contributed by atoms with E-state index in [9.17, 15) is 9.59 Å². The number of anilines is 1. The summed E-state index contributed by atoms with van der Waals surface area (Å²) in [7, 11) is 0. The lowest BCUT2D eigenvalue weighted by Crippen LogP contribution is -2.51. The predicted molar refractivity (Wildman–Crippen MR) is 69.4 cm³/mol. The third-order valence-corrected chi connectivity index (χ3v) is 2.43. The van der Waals surface area contributed by atoms with Crippen LogP contribution in [0, 0.1) is 0 Å². The zero-order valence-corrected chi connectivity index (χ0v) is 11.6. The smallest absolute Gasteiger partial charge is 0.321 e. The molecule has 1 rings (SSSR count). The van der Waals surface area contributed by atoms with Crippen LogP contribution >= 0.6 is 11.3 Å². The van der Waals surface area contributed by atoms with Gasteiger partial charge in [-0.25, -0.2) is 4.79 Å². The van der Waals surface area contributed by atoms with E-state index in [1.54, 1.807) is 6.92 Å². The molecule has 1 aromatic rings. The van der Waals surface area contributed by atoms with Crippen molar-refractivity contribution in [1.29, 1.82) is 0 Å². The van der Waals surface area contributed by atoms with E-state index in [1.165, 1.54) is 16.8 Å². The highest BCUT2D eigenvalue weighted by Crippen LogP contribution is 2.07. The number of urea groups is 1. The first kappa shape index (κ1) is 14.4. The molecule has 0 spiro atoms. The molecule has 1 heterocycles. The fourth-order valence-electron chi connectivity index (χ4n) is 1.10. The monoisotopic (exact) mass is 271 g/mol. The van der Waals surface area contributed by atoms with E-state index < -0.39 is 12.1 Å². The second kappa shape index (κ2) is 5.76. The number of amides is 3. The number of hydrogen-bond acceptors (Lipinski definition) is 5. The molecule has 1 aromatic heterocycles. The van der Waals surface area contributed by atoms with Crippen molar-refractivity contribution in [3.8, 4) is 0 Å². The number of aromatic nitrogens is 2. The van der Waals surface area contributed by atoms with Gasteiger partial charge in [-0.1, -0.05) is 11.3 Å². The van der Waals surface area contributed by atoms with Crippen LogP contribution in [0.4, 0.5) is 9.93 Å². The van der Waals surface area contributed by atoms with Crippen LogP contribution in [0.5, 0.6) is 0 Å². The van der Waals surface area contributed by atoms with Gasteiger partial charge in [0.05, 0.1) is 0 Å². The van der Waals surface area contributed by atoms with Gasteiger partial charge in [0.25, 0.3) is 0 Å². The Morgan fingerprint density at radius 2 is 2.06 bits per heavy atom. The molecule has 3 N–H and O–H groups in total. The molecule has 0 saturated carbocycles. The van der Waals surface area contributed by atoms with Gasteiger partial charge in [-0.15, -0.1) is 10.2 Å². The van der Waals surface area contributed by atoms with Gasteiger partial charge in [-0.3, -0.25) is 10.1 Å². The van der Waals surface area contributed by atoms with E-state index in [-0.39, 0.29) is 11.4 Å². The average molecular weight is 271 g/mol. The molecule has 0 unspecified atom stereocenters. The first-order valence-electron chi connectivity index (χ1n) is 5.43. The third-order valence-electron chi connectivity index (χ3n) is 1.82. The molecule has 0 bridgehead atoms. The molecule has 0 aliphatic carbocycles. The lowest BCUT2D eigenvalue weighted by molar-refractivity contribution is -0.123. The van der Waals surface area contributed by atoms with E-state index in [1.807, 2.05) is 20.8 Å². The third kappa shape index (κ3) is 5.09. The standard InChI is InChI=1S/C10H17N5O2S/c1-6(7(16)14-10(2,3)4)12-8(17)13-9-15-11-5-18-9/h5-6H,1-4H3,(H,14,16)(H2,12,13,15,17)/t6-/m0/s1. The van der Waals surface area contributed by atoms with Gasteiger partial charge < -0.3 is 10.6 Å². The maximum Gasteiger partial charge on any atom is 0.321 e. The zero-order chi connectivity index (χ0) is 13.8. The molecule has 8 heteroatoms. The van der Waals surface area contributed by atoms with Gasteiger partial charge in [-0.05, 0) is 27.7 Å². The number of rotatable bonds is 3. The first-order valence-corrected chi connectivity index (χ1v) is 6.31. The summed E-state index contributed by atoms with van der Waals surface area (Å²) < 4.78 is 0. The highest BCUT2D eigenvalue weighted by Gasteiger charge is 2.20. The molecule has 0 aliphatic heterocycles. The van der Waals surface area contributed by atoms with Crippen molar-refractivity contribution in [1.82, 2.24) is 20.8 Å². The van der Waals surface area contributed by atoms with Gasteiger partial charge in [0.15, 0.2) is 0 Å². The topological polar surface area (TPSA) is 96.0 Å². The van der Waals surface area contributed by atoms with Crippen LogP contribution in [-0.2, 0) is 4.79 Å². The van der Waals surface area contributed by atoms with Crippen molar-refractivity contribution in [2.45, 2.75) is 39.3 Å². The Morgan fingerprint density at radius 3 is 2.56 bits per heavy atom. The summed E-state index contributed by atoms with van der Waals surface area (Å²) in [5, 5.41) is 15.4. The minimum absolute atomic E-state index is 0.241. The summed E-state index contributed by atoms with van der Waals surface area (Å²) in [6.45, 7) is 7.23. The summed E-state index contributed by atoms with van der Waals surface area (Å²) in [6, 6.07) is -1.11. The quantitative estimate of drug-likeness (QED) is 0.763. The molecule has 3 amide bonds. The Kier molecular flexibility index (Phi) is 4.60. The van der Waals surface area contributed by atoms with Gasteiger partial charge in [-0.2, -0.15) is 0 Å². The first-order chi connectivity index (χ1) is 8.28. The molecule has 1 atom stereocenters. The highest BCUT2D eigenvalue weighted by molar-refractivity contribution is 7.13. The minimum Gasteiger partial charge on any atom is -0.350 e. The van der Waals surface area contributed by atoms with Gasteiger partial charge in [0, 0.05) is 5.54 Å². The normalized spacial score (nSPS) is 12.7. The Labute approximate surface area is 109 Å². The van der Waals surface area contributed by atoms with E-state index in [2.05, 4.69) is 26.1 Å².